The maximum absolute atomic E-state index is 13.7. The van der Waals surface area contributed by atoms with Gasteiger partial charge in [0.15, 0.2) is 0 Å². The van der Waals surface area contributed by atoms with E-state index >= 15 is 0 Å². The minimum absolute atomic E-state index is 0.0313. The molecule has 0 aromatic heterocycles. The highest BCUT2D eigenvalue weighted by molar-refractivity contribution is 7.99. The molecule has 0 radical (unpaired) electrons. The Morgan fingerprint density at radius 1 is 1.16 bits per heavy atom. The number of anilines is 1. The number of hydrogen-bond acceptors (Lipinski definition) is 3. The van der Waals surface area contributed by atoms with Gasteiger partial charge in [-0.05, 0) is 36.8 Å². The van der Waals surface area contributed by atoms with Gasteiger partial charge < -0.3 is 5.73 Å². The first-order valence-corrected chi connectivity index (χ1v) is 6.26. The van der Waals surface area contributed by atoms with E-state index in [9.17, 15) is 8.78 Å². The van der Waals surface area contributed by atoms with Gasteiger partial charge in [0, 0.05) is 10.6 Å². The number of halogens is 2. The summed E-state index contributed by atoms with van der Waals surface area (Å²) in [6, 6.07) is 9.28. The Labute approximate surface area is 113 Å². The van der Waals surface area contributed by atoms with Crippen LogP contribution in [-0.2, 0) is 0 Å². The second kappa shape index (κ2) is 5.29. The molecule has 0 aliphatic rings. The van der Waals surface area contributed by atoms with Gasteiger partial charge in [-0.3, -0.25) is 0 Å². The Hall–Kier alpha value is -2.06. The van der Waals surface area contributed by atoms with Crippen LogP contribution in [0.5, 0.6) is 0 Å². The molecule has 0 heterocycles. The number of nitrogen functional groups attached to an aromatic ring is 1. The van der Waals surface area contributed by atoms with Gasteiger partial charge in [-0.15, -0.1) is 0 Å². The highest BCUT2D eigenvalue weighted by Crippen LogP contribution is 2.35. The number of nitrogens with zero attached hydrogens (tertiary/aromatic N) is 1. The van der Waals surface area contributed by atoms with Gasteiger partial charge in [0.1, 0.15) is 17.7 Å². The van der Waals surface area contributed by atoms with Crippen molar-refractivity contribution in [1.29, 1.82) is 5.26 Å². The summed E-state index contributed by atoms with van der Waals surface area (Å²) in [6.07, 6.45) is 0. The fourth-order valence-electron chi connectivity index (χ4n) is 1.61. The van der Waals surface area contributed by atoms with Gasteiger partial charge in [-0.1, -0.05) is 17.8 Å². The lowest BCUT2D eigenvalue weighted by molar-refractivity contribution is 0.542. The third kappa shape index (κ3) is 2.85. The largest absolute Gasteiger partial charge is 0.399 e. The van der Waals surface area contributed by atoms with Crippen molar-refractivity contribution in [1.82, 2.24) is 0 Å². The summed E-state index contributed by atoms with van der Waals surface area (Å²) in [5.74, 6) is -1.46. The van der Waals surface area contributed by atoms with E-state index in [1.54, 1.807) is 18.2 Å². The number of hydrogen-bond donors (Lipinski definition) is 1. The molecule has 0 aliphatic heterocycles. The monoisotopic (exact) mass is 276 g/mol. The van der Waals surface area contributed by atoms with E-state index in [4.69, 9.17) is 11.0 Å². The van der Waals surface area contributed by atoms with Crippen molar-refractivity contribution in [2.75, 3.05) is 5.73 Å². The van der Waals surface area contributed by atoms with E-state index in [2.05, 4.69) is 0 Å². The molecule has 0 spiro atoms. The zero-order chi connectivity index (χ0) is 14.0. The average Bonchev–Trinajstić information content (AvgIpc) is 2.35. The van der Waals surface area contributed by atoms with Gasteiger partial charge in [0.25, 0.3) is 0 Å². The Balaban J connectivity index is 2.45. The van der Waals surface area contributed by atoms with Crippen molar-refractivity contribution < 1.29 is 8.78 Å². The standard InChI is InChI=1S/C14H10F2N2S/c1-8-2-3-13(9(4-8)7-17)19-14-11(15)5-10(18)6-12(14)16/h2-6H,18H2,1H3. The van der Waals surface area contributed by atoms with Crippen LogP contribution in [0.3, 0.4) is 0 Å². The predicted molar refractivity (Wildman–Crippen MR) is 70.8 cm³/mol. The molecule has 5 heteroatoms. The van der Waals surface area contributed by atoms with E-state index in [1.165, 1.54) is 0 Å². The minimum Gasteiger partial charge on any atom is -0.399 e. The SMILES string of the molecule is Cc1ccc(Sc2c(F)cc(N)cc2F)c(C#N)c1. The number of nitrogens with two attached hydrogens (primary N) is 1. The lowest BCUT2D eigenvalue weighted by atomic mass is 10.2. The van der Waals surface area contributed by atoms with Crippen molar-refractivity contribution >= 4 is 17.4 Å². The smallest absolute Gasteiger partial charge is 0.142 e. The van der Waals surface area contributed by atoms with Crippen molar-refractivity contribution in [2.45, 2.75) is 16.7 Å². The summed E-state index contributed by atoms with van der Waals surface area (Å²) in [5.41, 5.74) is 6.69. The van der Waals surface area contributed by atoms with Crippen LogP contribution >= 0.6 is 11.8 Å². The molecule has 0 saturated carbocycles. The van der Waals surface area contributed by atoms with E-state index in [0.29, 0.717) is 10.5 Å². The molecule has 2 rings (SSSR count). The van der Waals surface area contributed by atoms with Crippen LogP contribution < -0.4 is 5.73 Å². The highest BCUT2D eigenvalue weighted by Gasteiger charge is 2.14. The topological polar surface area (TPSA) is 49.8 Å². The van der Waals surface area contributed by atoms with E-state index in [1.807, 2.05) is 13.0 Å². The Kier molecular flexibility index (Phi) is 3.72. The first kappa shape index (κ1) is 13.4. The second-order valence-corrected chi connectivity index (χ2v) is 5.08. The minimum atomic E-state index is -0.730. The van der Waals surface area contributed by atoms with Gasteiger partial charge in [0.2, 0.25) is 0 Å². The van der Waals surface area contributed by atoms with E-state index in [0.717, 1.165) is 29.5 Å². The fourth-order valence-corrected chi connectivity index (χ4v) is 2.49. The zero-order valence-electron chi connectivity index (χ0n) is 10.1. The molecule has 96 valence electrons. The van der Waals surface area contributed by atoms with Crippen molar-refractivity contribution in [2.24, 2.45) is 0 Å². The number of rotatable bonds is 2. The molecule has 0 unspecified atom stereocenters. The second-order valence-electron chi connectivity index (χ2n) is 4.03. The maximum atomic E-state index is 13.7. The van der Waals surface area contributed by atoms with E-state index in [-0.39, 0.29) is 10.6 Å². The summed E-state index contributed by atoms with van der Waals surface area (Å²) in [4.78, 5) is 0.352. The zero-order valence-corrected chi connectivity index (χ0v) is 10.9. The Bertz CT molecular complexity index is 655. The van der Waals surface area contributed by atoms with Crippen LogP contribution in [0, 0.1) is 29.9 Å². The molecule has 2 N–H and O–H groups in total. The molecule has 0 fully saturated rings. The van der Waals surface area contributed by atoms with Gasteiger partial charge in [-0.2, -0.15) is 5.26 Å². The first-order chi connectivity index (χ1) is 9.01. The van der Waals surface area contributed by atoms with E-state index < -0.39 is 11.6 Å². The molecule has 2 aromatic carbocycles. The lowest BCUT2D eigenvalue weighted by Gasteiger charge is -2.08. The van der Waals surface area contributed by atoms with Crippen molar-refractivity contribution in [3.05, 3.63) is 53.1 Å². The maximum Gasteiger partial charge on any atom is 0.142 e. The van der Waals surface area contributed by atoms with Crippen LogP contribution in [0.1, 0.15) is 11.1 Å². The fraction of sp³-hybridized carbons (Fsp3) is 0.0714. The molecule has 2 nitrogen and oxygen atoms in total. The number of benzene rings is 2. The summed E-state index contributed by atoms with van der Waals surface area (Å²) >= 11 is 0.881. The molecular formula is C14H10F2N2S. The van der Waals surface area contributed by atoms with Crippen LogP contribution in [0.25, 0.3) is 0 Å². The summed E-state index contributed by atoms with van der Waals surface area (Å²) in [7, 11) is 0. The lowest BCUT2D eigenvalue weighted by Crippen LogP contribution is -1.93. The Morgan fingerprint density at radius 3 is 2.37 bits per heavy atom. The van der Waals surface area contributed by atoms with Crippen LogP contribution in [0.2, 0.25) is 0 Å². The molecule has 19 heavy (non-hydrogen) atoms. The molecule has 0 amide bonds. The van der Waals surface area contributed by atoms with Crippen LogP contribution in [-0.4, -0.2) is 0 Å². The summed E-state index contributed by atoms with van der Waals surface area (Å²) in [5, 5.41) is 9.03. The molecule has 0 bridgehead atoms. The molecule has 2 aromatic rings. The summed E-state index contributed by atoms with van der Waals surface area (Å²) < 4.78 is 27.4. The molecule has 0 saturated heterocycles. The average molecular weight is 276 g/mol. The van der Waals surface area contributed by atoms with Gasteiger partial charge in [0.05, 0.1) is 10.5 Å². The van der Waals surface area contributed by atoms with Crippen molar-refractivity contribution in [3.8, 4) is 6.07 Å². The van der Waals surface area contributed by atoms with Crippen molar-refractivity contribution in [3.63, 3.8) is 0 Å². The molecular weight excluding hydrogens is 266 g/mol. The predicted octanol–water partition coefficient (Wildman–Crippen LogP) is 3.88. The number of aryl methyl sites for hydroxylation is 1. The molecule has 0 aliphatic carbocycles. The molecule has 0 atom stereocenters. The first-order valence-electron chi connectivity index (χ1n) is 5.44. The van der Waals surface area contributed by atoms with Crippen LogP contribution in [0.15, 0.2) is 40.1 Å². The third-order valence-corrected chi connectivity index (χ3v) is 3.66. The summed E-state index contributed by atoms with van der Waals surface area (Å²) in [6.45, 7) is 1.85. The third-order valence-electron chi connectivity index (χ3n) is 2.49. The van der Waals surface area contributed by atoms with Crippen LogP contribution in [0.4, 0.5) is 14.5 Å². The number of nitriles is 1. The Morgan fingerprint density at radius 2 is 1.79 bits per heavy atom. The van der Waals surface area contributed by atoms with Gasteiger partial charge in [-0.25, -0.2) is 8.78 Å². The normalized spacial score (nSPS) is 10.2. The highest BCUT2D eigenvalue weighted by atomic mass is 32.2. The quantitative estimate of drug-likeness (QED) is 0.847. The van der Waals surface area contributed by atoms with Gasteiger partial charge >= 0.3 is 0 Å².